The Labute approximate surface area is 86.5 Å². The van der Waals surface area contributed by atoms with E-state index in [1.54, 1.807) is 0 Å². The highest BCUT2D eigenvalue weighted by molar-refractivity contribution is 4.84. The molecule has 1 heterocycles. The maximum atomic E-state index is 9.95. The number of hydrogen-bond acceptors (Lipinski definition) is 3. The van der Waals surface area contributed by atoms with Crippen LogP contribution in [0.15, 0.2) is 0 Å². The molecule has 2 aliphatic rings. The van der Waals surface area contributed by atoms with Crippen molar-refractivity contribution in [3.8, 4) is 0 Å². The molecule has 2 rings (SSSR count). The van der Waals surface area contributed by atoms with Gasteiger partial charge in [0.15, 0.2) is 0 Å². The molecule has 1 saturated heterocycles. The lowest BCUT2D eigenvalue weighted by molar-refractivity contribution is 0.0228. The molecule has 0 aromatic rings. The van der Waals surface area contributed by atoms with Crippen LogP contribution in [0.2, 0.25) is 0 Å². The summed E-state index contributed by atoms with van der Waals surface area (Å²) in [4.78, 5) is 2.49. The van der Waals surface area contributed by atoms with Gasteiger partial charge in [0.05, 0.1) is 6.10 Å². The molecular formula is C11H22N2O. The van der Waals surface area contributed by atoms with Gasteiger partial charge in [0.1, 0.15) is 0 Å². The zero-order chi connectivity index (χ0) is 9.80. The van der Waals surface area contributed by atoms with E-state index in [0.29, 0.717) is 6.04 Å². The first kappa shape index (κ1) is 10.4. The molecule has 0 aromatic heterocycles. The zero-order valence-electron chi connectivity index (χ0n) is 8.91. The summed E-state index contributed by atoms with van der Waals surface area (Å²) in [6.07, 6.45) is 5.87. The number of hydrogen-bond donors (Lipinski definition) is 2. The van der Waals surface area contributed by atoms with E-state index in [4.69, 9.17) is 0 Å². The molecule has 0 radical (unpaired) electrons. The van der Waals surface area contributed by atoms with Crippen molar-refractivity contribution in [2.45, 2.75) is 44.2 Å². The van der Waals surface area contributed by atoms with Crippen molar-refractivity contribution in [3.05, 3.63) is 0 Å². The molecule has 1 saturated carbocycles. The van der Waals surface area contributed by atoms with Gasteiger partial charge in [-0.15, -0.1) is 0 Å². The summed E-state index contributed by atoms with van der Waals surface area (Å²) < 4.78 is 0. The van der Waals surface area contributed by atoms with E-state index in [9.17, 15) is 5.11 Å². The fraction of sp³-hybridized carbons (Fsp3) is 1.00. The van der Waals surface area contributed by atoms with Gasteiger partial charge in [-0.1, -0.05) is 12.8 Å². The Bertz CT molecular complexity index is 167. The van der Waals surface area contributed by atoms with Crippen LogP contribution in [0.3, 0.4) is 0 Å². The number of rotatable bonds is 1. The van der Waals surface area contributed by atoms with Crippen LogP contribution in [-0.4, -0.2) is 48.3 Å². The molecule has 0 spiro atoms. The van der Waals surface area contributed by atoms with Crippen LogP contribution in [0.1, 0.15) is 32.1 Å². The van der Waals surface area contributed by atoms with Gasteiger partial charge >= 0.3 is 0 Å². The largest absolute Gasteiger partial charge is 0.391 e. The van der Waals surface area contributed by atoms with Crippen LogP contribution < -0.4 is 5.32 Å². The predicted molar refractivity (Wildman–Crippen MR) is 57.3 cm³/mol. The highest BCUT2D eigenvalue weighted by Gasteiger charge is 2.28. The Balaban J connectivity index is 1.90. The van der Waals surface area contributed by atoms with Crippen molar-refractivity contribution < 1.29 is 5.11 Å². The third-order valence-electron chi connectivity index (χ3n) is 3.54. The van der Waals surface area contributed by atoms with Crippen LogP contribution in [-0.2, 0) is 0 Å². The first-order valence-electron chi connectivity index (χ1n) is 6.01. The Morgan fingerprint density at radius 1 is 1.00 bits per heavy atom. The van der Waals surface area contributed by atoms with Crippen molar-refractivity contribution >= 4 is 0 Å². The summed E-state index contributed by atoms with van der Waals surface area (Å²) in [6.45, 7) is 4.50. The van der Waals surface area contributed by atoms with Crippen LogP contribution in [0, 0.1) is 0 Å². The monoisotopic (exact) mass is 198 g/mol. The van der Waals surface area contributed by atoms with E-state index in [1.165, 1.54) is 25.7 Å². The lowest BCUT2D eigenvalue weighted by Crippen LogP contribution is -2.46. The van der Waals surface area contributed by atoms with Crippen LogP contribution in [0.4, 0.5) is 0 Å². The topological polar surface area (TPSA) is 35.5 Å². The Kier molecular flexibility index (Phi) is 3.79. The minimum absolute atomic E-state index is 0.0677. The van der Waals surface area contributed by atoms with Gasteiger partial charge < -0.3 is 10.4 Å². The quantitative estimate of drug-likeness (QED) is 0.647. The summed E-state index contributed by atoms with van der Waals surface area (Å²) in [5.74, 6) is 0. The van der Waals surface area contributed by atoms with E-state index in [0.717, 1.165) is 32.6 Å². The number of nitrogens with one attached hydrogen (secondary N) is 1. The van der Waals surface area contributed by atoms with Crippen molar-refractivity contribution in [2.75, 3.05) is 26.2 Å². The number of aliphatic hydroxyl groups excluding tert-OH is 1. The second-order valence-corrected chi connectivity index (χ2v) is 4.56. The van der Waals surface area contributed by atoms with Gasteiger partial charge in [0.2, 0.25) is 0 Å². The third kappa shape index (κ3) is 2.47. The second-order valence-electron chi connectivity index (χ2n) is 4.56. The molecule has 1 aliphatic carbocycles. The summed E-state index contributed by atoms with van der Waals surface area (Å²) >= 11 is 0. The Morgan fingerprint density at radius 3 is 2.71 bits per heavy atom. The number of aliphatic hydroxyl groups is 1. The Hall–Kier alpha value is -0.120. The normalized spacial score (nSPS) is 36.6. The van der Waals surface area contributed by atoms with Gasteiger partial charge in [-0.25, -0.2) is 0 Å². The lowest BCUT2D eigenvalue weighted by Gasteiger charge is -2.36. The highest BCUT2D eigenvalue weighted by Crippen LogP contribution is 2.23. The van der Waals surface area contributed by atoms with Gasteiger partial charge in [-0.3, -0.25) is 4.90 Å². The van der Waals surface area contributed by atoms with Crippen LogP contribution in [0.25, 0.3) is 0 Å². The minimum Gasteiger partial charge on any atom is -0.391 e. The zero-order valence-corrected chi connectivity index (χ0v) is 8.91. The molecule has 2 N–H and O–H groups in total. The molecule has 0 amide bonds. The highest BCUT2D eigenvalue weighted by atomic mass is 16.3. The summed E-state index contributed by atoms with van der Waals surface area (Å²) in [6, 6.07) is 0.448. The fourth-order valence-corrected chi connectivity index (χ4v) is 2.72. The molecule has 2 unspecified atom stereocenters. The van der Waals surface area contributed by atoms with E-state index < -0.39 is 0 Å². The third-order valence-corrected chi connectivity index (χ3v) is 3.54. The second kappa shape index (κ2) is 5.10. The molecular weight excluding hydrogens is 176 g/mol. The van der Waals surface area contributed by atoms with Gasteiger partial charge in [0, 0.05) is 19.1 Å². The summed E-state index contributed by atoms with van der Waals surface area (Å²) in [5.41, 5.74) is 0. The summed E-state index contributed by atoms with van der Waals surface area (Å²) in [7, 11) is 0. The average molecular weight is 198 g/mol. The molecule has 0 bridgehead atoms. The van der Waals surface area contributed by atoms with Gasteiger partial charge in [-0.05, 0) is 32.4 Å². The molecule has 3 heteroatoms. The molecule has 3 nitrogen and oxygen atoms in total. The smallest absolute Gasteiger partial charge is 0.0695 e. The number of nitrogens with zero attached hydrogens (tertiary/aromatic N) is 1. The minimum atomic E-state index is -0.0677. The maximum Gasteiger partial charge on any atom is 0.0695 e. The predicted octanol–water partition coefficient (Wildman–Crippen LogP) is 0.585. The molecule has 14 heavy (non-hydrogen) atoms. The summed E-state index contributed by atoms with van der Waals surface area (Å²) in [5, 5.41) is 13.4. The molecule has 2 fully saturated rings. The van der Waals surface area contributed by atoms with E-state index in [-0.39, 0.29) is 6.10 Å². The van der Waals surface area contributed by atoms with E-state index >= 15 is 0 Å². The van der Waals surface area contributed by atoms with Crippen LogP contribution in [0.5, 0.6) is 0 Å². The van der Waals surface area contributed by atoms with Crippen molar-refractivity contribution in [1.29, 1.82) is 0 Å². The van der Waals surface area contributed by atoms with E-state index in [1.807, 2.05) is 0 Å². The average Bonchev–Trinajstić information content (AvgIpc) is 2.47. The van der Waals surface area contributed by atoms with Crippen molar-refractivity contribution in [1.82, 2.24) is 10.2 Å². The van der Waals surface area contributed by atoms with E-state index in [2.05, 4.69) is 10.2 Å². The SMILES string of the molecule is OC1CCCCC1N1CCCNCC1. The lowest BCUT2D eigenvalue weighted by atomic mass is 9.91. The molecule has 82 valence electrons. The van der Waals surface area contributed by atoms with Gasteiger partial charge in [0.25, 0.3) is 0 Å². The molecule has 2 atom stereocenters. The molecule has 1 aliphatic heterocycles. The fourth-order valence-electron chi connectivity index (χ4n) is 2.72. The van der Waals surface area contributed by atoms with Crippen molar-refractivity contribution in [2.24, 2.45) is 0 Å². The standard InChI is InChI=1S/C11H22N2O/c14-11-5-2-1-4-10(11)13-8-3-6-12-7-9-13/h10-12,14H,1-9H2. The first-order chi connectivity index (χ1) is 6.88. The van der Waals surface area contributed by atoms with Crippen molar-refractivity contribution in [3.63, 3.8) is 0 Å². The Morgan fingerprint density at radius 2 is 1.86 bits per heavy atom. The maximum absolute atomic E-state index is 9.95. The first-order valence-corrected chi connectivity index (χ1v) is 6.01. The van der Waals surface area contributed by atoms with Crippen LogP contribution >= 0.6 is 0 Å². The molecule has 0 aromatic carbocycles. The van der Waals surface area contributed by atoms with Gasteiger partial charge in [-0.2, -0.15) is 0 Å².